The Bertz CT molecular complexity index is 592. The Balaban J connectivity index is 0.00000576. The van der Waals surface area contributed by atoms with Crippen molar-refractivity contribution < 1.29 is 13.2 Å². The number of halogens is 1. The maximum absolute atomic E-state index is 12.1. The Labute approximate surface area is 168 Å². The summed E-state index contributed by atoms with van der Waals surface area (Å²) in [6.45, 7) is 9.34. The number of carbonyl (C=O) groups excluding carboxylic acids is 1. The minimum absolute atomic E-state index is 0. The van der Waals surface area contributed by atoms with Crippen molar-refractivity contribution in [3.05, 3.63) is 12.2 Å². The summed E-state index contributed by atoms with van der Waals surface area (Å²) < 4.78 is 26.8. The molecule has 0 radical (unpaired) electrons. The third-order valence-electron chi connectivity index (χ3n) is 3.64. The van der Waals surface area contributed by atoms with Gasteiger partial charge in [0, 0.05) is 40.3 Å². The molecule has 0 aromatic heterocycles. The first-order valence-electron chi connectivity index (χ1n) is 8.03. The second-order valence-corrected chi connectivity index (χ2v) is 8.18. The van der Waals surface area contributed by atoms with Crippen LogP contribution in [0.15, 0.2) is 17.1 Å². The van der Waals surface area contributed by atoms with Crippen molar-refractivity contribution in [3.63, 3.8) is 0 Å². The quantitative estimate of drug-likeness (QED) is 0.232. The van der Waals surface area contributed by atoms with Crippen molar-refractivity contribution in [2.24, 2.45) is 4.99 Å². The van der Waals surface area contributed by atoms with Gasteiger partial charge in [0.25, 0.3) is 0 Å². The standard InChI is InChI=1S/C15H29N5O3S.HI/c1-6-18-24(22,23)13-7-8-20(11-13)15(16-9-12(2)3)17-10-14(21)19(4)5;/h13,18H,2,6-11H2,1,3-5H3,(H,16,17);1H. The molecule has 2 N–H and O–H groups in total. The highest BCUT2D eigenvalue weighted by Crippen LogP contribution is 2.16. The lowest BCUT2D eigenvalue weighted by molar-refractivity contribution is -0.127. The van der Waals surface area contributed by atoms with Crippen molar-refractivity contribution in [1.82, 2.24) is 19.8 Å². The predicted molar refractivity (Wildman–Crippen MR) is 112 cm³/mol. The van der Waals surface area contributed by atoms with E-state index in [2.05, 4.69) is 21.6 Å². The van der Waals surface area contributed by atoms with E-state index in [4.69, 9.17) is 0 Å². The number of likely N-dealkylation sites (N-methyl/N-ethyl adjacent to an activating group) is 1. The minimum atomic E-state index is -3.32. The van der Waals surface area contributed by atoms with Crippen molar-refractivity contribution in [1.29, 1.82) is 0 Å². The average Bonchev–Trinajstić information content (AvgIpc) is 2.97. The Morgan fingerprint density at radius 2 is 2.04 bits per heavy atom. The normalized spacial score (nSPS) is 17.8. The van der Waals surface area contributed by atoms with Crippen LogP contribution >= 0.6 is 24.0 Å². The van der Waals surface area contributed by atoms with Crippen LogP contribution in [0, 0.1) is 0 Å². The topological polar surface area (TPSA) is 94.1 Å². The number of nitrogens with zero attached hydrogens (tertiary/aromatic N) is 3. The van der Waals surface area contributed by atoms with E-state index < -0.39 is 15.3 Å². The number of aliphatic imine (C=N–C) groups is 1. The fourth-order valence-corrected chi connectivity index (χ4v) is 3.70. The fraction of sp³-hybridized carbons (Fsp3) is 0.733. The molecule has 0 aliphatic carbocycles. The van der Waals surface area contributed by atoms with Crippen molar-refractivity contribution in [3.8, 4) is 0 Å². The van der Waals surface area contributed by atoms with E-state index in [1.165, 1.54) is 4.90 Å². The summed E-state index contributed by atoms with van der Waals surface area (Å²) in [5.74, 6) is 0.433. The van der Waals surface area contributed by atoms with Gasteiger partial charge in [-0.1, -0.05) is 19.1 Å². The van der Waals surface area contributed by atoms with E-state index in [1.54, 1.807) is 21.0 Å². The molecule has 0 aromatic rings. The van der Waals surface area contributed by atoms with Gasteiger partial charge in [0.2, 0.25) is 15.9 Å². The first-order valence-corrected chi connectivity index (χ1v) is 9.58. The van der Waals surface area contributed by atoms with Crippen LogP contribution in [-0.2, 0) is 14.8 Å². The smallest absolute Gasteiger partial charge is 0.243 e. The van der Waals surface area contributed by atoms with Gasteiger partial charge in [-0.25, -0.2) is 18.1 Å². The summed E-state index contributed by atoms with van der Waals surface area (Å²) in [4.78, 5) is 19.5. The molecule has 25 heavy (non-hydrogen) atoms. The number of likely N-dealkylation sites (tertiary alicyclic amines) is 1. The zero-order chi connectivity index (χ0) is 18.3. The Morgan fingerprint density at radius 3 is 2.56 bits per heavy atom. The zero-order valence-corrected chi connectivity index (χ0v) is 18.6. The number of rotatable bonds is 7. The third kappa shape index (κ3) is 7.90. The molecular weight excluding hydrogens is 457 g/mol. The van der Waals surface area contributed by atoms with Crippen molar-refractivity contribution in [2.45, 2.75) is 25.5 Å². The summed E-state index contributed by atoms with van der Waals surface area (Å²) in [5.41, 5.74) is 0.928. The Hall–Kier alpha value is -0.880. The molecule has 1 unspecified atom stereocenters. The van der Waals surface area contributed by atoms with Gasteiger partial charge in [-0.3, -0.25) is 4.79 Å². The molecule has 1 fully saturated rings. The molecule has 8 nitrogen and oxygen atoms in total. The number of amides is 1. The molecular formula is C15H30IN5O3S. The van der Waals surface area contributed by atoms with Gasteiger partial charge < -0.3 is 15.1 Å². The Morgan fingerprint density at radius 1 is 1.40 bits per heavy atom. The van der Waals surface area contributed by atoms with Gasteiger partial charge in [-0.15, -0.1) is 24.0 Å². The van der Waals surface area contributed by atoms with Gasteiger partial charge in [0.05, 0.1) is 5.25 Å². The fourth-order valence-electron chi connectivity index (χ4n) is 2.27. The number of guanidine groups is 1. The number of hydrogen-bond donors (Lipinski definition) is 2. The number of sulfonamides is 1. The van der Waals surface area contributed by atoms with E-state index in [0.717, 1.165) is 5.57 Å². The van der Waals surface area contributed by atoms with E-state index >= 15 is 0 Å². The summed E-state index contributed by atoms with van der Waals surface area (Å²) in [5, 5.41) is 2.68. The third-order valence-corrected chi connectivity index (χ3v) is 5.59. The summed E-state index contributed by atoms with van der Waals surface area (Å²) in [6, 6.07) is 0. The van der Waals surface area contributed by atoms with Crippen LogP contribution in [0.5, 0.6) is 0 Å². The molecule has 1 heterocycles. The molecule has 0 aromatic carbocycles. The molecule has 0 spiro atoms. The van der Waals surface area contributed by atoms with Gasteiger partial charge >= 0.3 is 0 Å². The monoisotopic (exact) mass is 487 g/mol. The van der Waals surface area contributed by atoms with E-state index in [9.17, 15) is 13.2 Å². The molecule has 0 saturated carbocycles. The summed E-state index contributed by atoms with van der Waals surface area (Å²) in [7, 11) is 0.0290. The van der Waals surface area contributed by atoms with Crippen molar-refractivity contribution in [2.75, 3.05) is 46.8 Å². The van der Waals surface area contributed by atoms with Gasteiger partial charge in [-0.2, -0.15) is 0 Å². The zero-order valence-electron chi connectivity index (χ0n) is 15.4. The minimum Gasteiger partial charge on any atom is -0.353 e. The van der Waals surface area contributed by atoms with E-state index in [1.807, 2.05) is 11.8 Å². The van der Waals surface area contributed by atoms with Gasteiger partial charge in [0.15, 0.2) is 5.96 Å². The predicted octanol–water partition coefficient (Wildman–Crippen LogP) is 0.228. The van der Waals surface area contributed by atoms with Crippen LogP contribution in [0.2, 0.25) is 0 Å². The molecule has 1 amide bonds. The molecule has 1 saturated heterocycles. The highest BCUT2D eigenvalue weighted by atomic mass is 127. The van der Waals surface area contributed by atoms with Crippen molar-refractivity contribution >= 4 is 45.9 Å². The summed E-state index contributed by atoms with van der Waals surface area (Å²) >= 11 is 0. The van der Waals surface area contributed by atoms with Crippen LogP contribution < -0.4 is 10.0 Å². The van der Waals surface area contributed by atoms with Crippen LogP contribution in [0.4, 0.5) is 0 Å². The first-order chi connectivity index (χ1) is 11.2. The maximum atomic E-state index is 12.1. The second-order valence-electron chi connectivity index (χ2n) is 6.14. The average molecular weight is 487 g/mol. The highest BCUT2D eigenvalue weighted by Gasteiger charge is 2.34. The lowest BCUT2D eigenvalue weighted by atomic mass is 10.3. The van der Waals surface area contributed by atoms with Crippen LogP contribution in [0.25, 0.3) is 0 Å². The second kappa shape index (κ2) is 11.0. The molecule has 1 atom stereocenters. The molecule has 10 heteroatoms. The number of nitrogens with one attached hydrogen (secondary N) is 2. The lowest BCUT2D eigenvalue weighted by Gasteiger charge is -2.22. The molecule has 0 bridgehead atoms. The molecule has 1 rings (SSSR count). The highest BCUT2D eigenvalue weighted by molar-refractivity contribution is 14.0. The van der Waals surface area contributed by atoms with E-state index in [-0.39, 0.29) is 36.4 Å². The lowest BCUT2D eigenvalue weighted by Crippen LogP contribution is -2.43. The summed E-state index contributed by atoms with van der Waals surface area (Å²) in [6.07, 6.45) is 0.532. The molecule has 1 aliphatic heterocycles. The van der Waals surface area contributed by atoms with Gasteiger partial charge in [0.1, 0.15) is 6.54 Å². The van der Waals surface area contributed by atoms with Crippen LogP contribution in [0.3, 0.4) is 0 Å². The Kier molecular flexibility index (Phi) is 10.6. The van der Waals surface area contributed by atoms with E-state index in [0.29, 0.717) is 38.6 Å². The SMILES string of the molecule is C=C(C)CNC(=NCC(=O)N(C)C)N1CCC(S(=O)(=O)NCC)C1.I. The van der Waals surface area contributed by atoms with Gasteiger partial charge in [-0.05, 0) is 13.3 Å². The van der Waals surface area contributed by atoms with Crippen LogP contribution in [0.1, 0.15) is 20.3 Å². The maximum Gasteiger partial charge on any atom is 0.243 e. The number of hydrogen-bond acceptors (Lipinski definition) is 4. The van der Waals surface area contributed by atoms with Crippen LogP contribution in [-0.4, -0.2) is 82.2 Å². The molecule has 146 valence electrons. The molecule has 1 aliphatic rings. The first kappa shape index (κ1) is 24.1. The number of carbonyl (C=O) groups is 1. The largest absolute Gasteiger partial charge is 0.353 e.